The number of terminal acetylenes is 1. The number of morpholine rings is 1. The number of nitrogens with one attached hydrogen (secondary N) is 1. The van der Waals surface area contributed by atoms with E-state index in [-0.39, 0.29) is 17.7 Å². The standard InChI is InChI=1S/C15H16F2N2O2/c1-4-11-7-12(16)14(13(17)8-11)18-15(20)19-5-6-21-10(3)9(19)2/h1,7-10H,5-6H2,2-3H3,(H,18,20)/t9-,10+/m0/s1. The molecular formula is C15H16F2N2O2. The Morgan fingerprint density at radius 2 is 2.05 bits per heavy atom. The molecule has 0 aliphatic carbocycles. The van der Waals surface area contributed by atoms with Crippen molar-refractivity contribution in [1.82, 2.24) is 4.90 Å². The van der Waals surface area contributed by atoms with Gasteiger partial charge < -0.3 is 15.0 Å². The summed E-state index contributed by atoms with van der Waals surface area (Å²) >= 11 is 0. The largest absolute Gasteiger partial charge is 0.375 e. The van der Waals surface area contributed by atoms with Crippen molar-refractivity contribution in [2.75, 3.05) is 18.5 Å². The lowest BCUT2D eigenvalue weighted by atomic mass is 10.1. The van der Waals surface area contributed by atoms with E-state index in [9.17, 15) is 13.6 Å². The molecule has 2 rings (SSSR count). The number of rotatable bonds is 1. The maximum Gasteiger partial charge on any atom is 0.322 e. The van der Waals surface area contributed by atoms with Gasteiger partial charge in [-0.3, -0.25) is 0 Å². The minimum atomic E-state index is -0.898. The van der Waals surface area contributed by atoms with Crippen molar-refractivity contribution in [2.45, 2.75) is 26.0 Å². The van der Waals surface area contributed by atoms with Crippen molar-refractivity contribution in [1.29, 1.82) is 0 Å². The molecule has 0 spiro atoms. The number of halogens is 2. The van der Waals surface area contributed by atoms with Gasteiger partial charge in [-0.2, -0.15) is 0 Å². The molecule has 1 heterocycles. The molecule has 1 fully saturated rings. The second kappa shape index (κ2) is 6.10. The summed E-state index contributed by atoms with van der Waals surface area (Å²) in [5, 5.41) is 2.26. The molecule has 0 radical (unpaired) electrons. The Labute approximate surface area is 122 Å². The van der Waals surface area contributed by atoms with Crippen molar-refractivity contribution < 1.29 is 18.3 Å². The third kappa shape index (κ3) is 3.14. The van der Waals surface area contributed by atoms with E-state index in [1.165, 1.54) is 4.90 Å². The highest BCUT2D eigenvalue weighted by Crippen LogP contribution is 2.22. The first-order valence-corrected chi connectivity index (χ1v) is 6.59. The fraction of sp³-hybridized carbons (Fsp3) is 0.400. The first kappa shape index (κ1) is 15.3. The molecule has 1 aromatic rings. The minimum absolute atomic E-state index is 0.0800. The van der Waals surface area contributed by atoms with Crippen LogP contribution < -0.4 is 5.32 Å². The summed E-state index contributed by atoms with van der Waals surface area (Å²) in [6.07, 6.45) is 4.96. The first-order chi connectivity index (χ1) is 9.93. The molecular weight excluding hydrogens is 278 g/mol. The minimum Gasteiger partial charge on any atom is -0.375 e. The molecule has 1 saturated heterocycles. The number of nitrogens with zero attached hydrogens (tertiary/aromatic N) is 1. The summed E-state index contributed by atoms with van der Waals surface area (Å²) < 4.78 is 33.0. The van der Waals surface area contributed by atoms with E-state index < -0.39 is 23.4 Å². The van der Waals surface area contributed by atoms with Crippen LogP contribution in [0.3, 0.4) is 0 Å². The Kier molecular flexibility index (Phi) is 4.43. The maximum absolute atomic E-state index is 13.8. The predicted octanol–water partition coefficient (Wildman–Crippen LogP) is 2.59. The van der Waals surface area contributed by atoms with E-state index in [4.69, 9.17) is 11.2 Å². The van der Waals surface area contributed by atoms with Gasteiger partial charge in [0.1, 0.15) is 5.69 Å². The van der Waals surface area contributed by atoms with Crippen LogP contribution >= 0.6 is 0 Å². The van der Waals surface area contributed by atoms with Crippen molar-refractivity contribution in [2.24, 2.45) is 0 Å². The van der Waals surface area contributed by atoms with Gasteiger partial charge in [0.2, 0.25) is 0 Å². The lowest BCUT2D eigenvalue weighted by molar-refractivity contribution is -0.0355. The van der Waals surface area contributed by atoms with Gasteiger partial charge in [-0.1, -0.05) is 5.92 Å². The first-order valence-electron chi connectivity index (χ1n) is 6.59. The average Bonchev–Trinajstić information content (AvgIpc) is 2.45. The van der Waals surface area contributed by atoms with E-state index in [0.29, 0.717) is 13.2 Å². The van der Waals surface area contributed by atoms with E-state index in [2.05, 4.69) is 11.2 Å². The summed E-state index contributed by atoms with van der Waals surface area (Å²) in [5.41, 5.74) is -0.415. The van der Waals surface area contributed by atoms with E-state index >= 15 is 0 Å². The fourth-order valence-corrected chi connectivity index (χ4v) is 2.17. The third-order valence-corrected chi connectivity index (χ3v) is 3.59. The zero-order valence-corrected chi connectivity index (χ0v) is 11.8. The molecule has 2 amide bonds. The quantitative estimate of drug-likeness (QED) is 0.809. The second-order valence-corrected chi connectivity index (χ2v) is 4.90. The van der Waals surface area contributed by atoms with Crippen molar-refractivity contribution in [3.8, 4) is 12.3 Å². The molecule has 0 aromatic heterocycles. The molecule has 0 saturated carbocycles. The van der Waals surface area contributed by atoms with Crippen LogP contribution in [-0.2, 0) is 4.74 Å². The van der Waals surface area contributed by atoms with Crippen LogP contribution in [0.1, 0.15) is 19.4 Å². The van der Waals surface area contributed by atoms with Crippen molar-refractivity contribution >= 4 is 11.7 Å². The molecule has 0 unspecified atom stereocenters. The highest BCUT2D eigenvalue weighted by atomic mass is 19.1. The molecule has 2 atom stereocenters. The summed E-state index contributed by atoms with van der Waals surface area (Å²) in [4.78, 5) is 13.7. The van der Waals surface area contributed by atoms with Crippen LogP contribution in [0.4, 0.5) is 19.3 Å². The summed E-state index contributed by atoms with van der Waals surface area (Å²) in [7, 11) is 0. The van der Waals surface area contributed by atoms with Crippen LogP contribution in [0.25, 0.3) is 0 Å². The van der Waals surface area contributed by atoms with Gasteiger partial charge in [0, 0.05) is 12.1 Å². The van der Waals surface area contributed by atoms with Gasteiger partial charge in [-0.25, -0.2) is 13.6 Å². The molecule has 1 aliphatic heterocycles. The Morgan fingerprint density at radius 1 is 1.43 bits per heavy atom. The average molecular weight is 294 g/mol. The zero-order valence-electron chi connectivity index (χ0n) is 11.8. The number of anilines is 1. The van der Waals surface area contributed by atoms with E-state index in [1.54, 1.807) is 0 Å². The van der Waals surface area contributed by atoms with Gasteiger partial charge in [0.05, 0.1) is 18.8 Å². The highest BCUT2D eigenvalue weighted by Gasteiger charge is 2.30. The van der Waals surface area contributed by atoms with Crippen LogP contribution in [0.5, 0.6) is 0 Å². The van der Waals surface area contributed by atoms with Crippen LogP contribution in [-0.4, -0.2) is 36.2 Å². The summed E-state index contributed by atoms with van der Waals surface area (Å²) in [5.74, 6) is 0.350. The number of amides is 2. The SMILES string of the molecule is C#Cc1cc(F)c(NC(=O)N2CCO[C@H](C)[C@@H]2C)c(F)c1. The molecule has 4 nitrogen and oxygen atoms in total. The van der Waals surface area contributed by atoms with Crippen molar-refractivity contribution in [3.05, 3.63) is 29.3 Å². The molecule has 6 heteroatoms. The topological polar surface area (TPSA) is 41.6 Å². The Morgan fingerprint density at radius 3 is 2.62 bits per heavy atom. The monoisotopic (exact) mass is 294 g/mol. The van der Waals surface area contributed by atoms with Crippen LogP contribution in [0, 0.1) is 24.0 Å². The number of hydrogen-bond donors (Lipinski definition) is 1. The molecule has 1 aromatic carbocycles. The van der Waals surface area contributed by atoms with Gasteiger partial charge >= 0.3 is 6.03 Å². The Hall–Kier alpha value is -2.13. The molecule has 21 heavy (non-hydrogen) atoms. The molecule has 112 valence electrons. The number of benzene rings is 1. The van der Waals surface area contributed by atoms with Crippen molar-refractivity contribution in [3.63, 3.8) is 0 Å². The molecule has 0 bridgehead atoms. The van der Waals surface area contributed by atoms with Crippen LogP contribution in [0.15, 0.2) is 12.1 Å². The number of carbonyl (C=O) groups excluding carboxylic acids is 1. The Balaban J connectivity index is 2.18. The van der Waals surface area contributed by atoms with Gasteiger partial charge in [-0.15, -0.1) is 6.42 Å². The smallest absolute Gasteiger partial charge is 0.322 e. The van der Waals surface area contributed by atoms with Crippen LogP contribution in [0.2, 0.25) is 0 Å². The van der Waals surface area contributed by atoms with E-state index in [0.717, 1.165) is 12.1 Å². The second-order valence-electron chi connectivity index (χ2n) is 4.90. The van der Waals surface area contributed by atoms with Gasteiger partial charge in [-0.05, 0) is 26.0 Å². The Bertz CT molecular complexity index is 575. The van der Waals surface area contributed by atoms with Gasteiger partial charge in [0.25, 0.3) is 0 Å². The lowest BCUT2D eigenvalue weighted by Crippen LogP contribution is -2.52. The maximum atomic E-state index is 13.8. The third-order valence-electron chi connectivity index (χ3n) is 3.59. The lowest BCUT2D eigenvalue weighted by Gasteiger charge is -2.37. The molecule has 1 N–H and O–H groups in total. The van der Waals surface area contributed by atoms with Gasteiger partial charge in [0.15, 0.2) is 11.6 Å². The zero-order chi connectivity index (χ0) is 15.6. The number of urea groups is 1. The fourth-order valence-electron chi connectivity index (χ4n) is 2.17. The summed E-state index contributed by atoms with van der Waals surface area (Å²) in [6, 6.07) is 1.26. The van der Waals surface area contributed by atoms with E-state index in [1.807, 2.05) is 13.8 Å². The number of ether oxygens (including phenoxy) is 1. The summed E-state index contributed by atoms with van der Waals surface area (Å²) in [6.45, 7) is 4.41. The normalized spacial score (nSPS) is 21.8. The highest BCUT2D eigenvalue weighted by molar-refractivity contribution is 5.90. The predicted molar refractivity (Wildman–Crippen MR) is 74.9 cm³/mol. The molecule has 1 aliphatic rings. The number of carbonyl (C=O) groups is 1. The number of hydrogen-bond acceptors (Lipinski definition) is 2.